The van der Waals surface area contributed by atoms with E-state index in [0.717, 1.165) is 5.39 Å². The van der Waals surface area contributed by atoms with Crippen LogP contribution in [0.15, 0.2) is 23.0 Å². The molecule has 32 heavy (non-hydrogen) atoms. The highest BCUT2D eigenvalue weighted by Crippen LogP contribution is 2.29. The Labute approximate surface area is 188 Å². The largest absolute Gasteiger partial charge is 0.494 e. The number of benzene rings is 1. The molecule has 1 fully saturated rings. The van der Waals surface area contributed by atoms with Crippen LogP contribution in [-0.4, -0.2) is 45.8 Å². The number of nitrogens with zero attached hydrogens (tertiary/aromatic N) is 4. The van der Waals surface area contributed by atoms with E-state index in [2.05, 4.69) is 25.3 Å². The molecule has 0 saturated carbocycles. The van der Waals surface area contributed by atoms with E-state index in [1.807, 2.05) is 13.8 Å². The Bertz CT molecular complexity index is 1250. The molecule has 1 saturated heterocycles. The van der Waals surface area contributed by atoms with Crippen LogP contribution in [0.25, 0.3) is 10.9 Å². The number of pyridine rings is 1. The number of nitrogens with one attached hydrogen (secondary N) is 2. The number of carbonyl (C=O) groups excluding carboxylic acids is 1. The van der Waals surface area contributed by atoms with Gasteiger partial charge in [-0.3, -0.25) is 4.79 Å². The first-order valence-electron chi connectivity index (χ1n) is 10.2. The summed E-state index contributed by atoms with van der Waals surface area (Å²) in [6.07, 6.45) is 0.215. The first-order valence-corrected chi connectivity index (χ1v) is 10.5. The first-order chi connectivity index (χ1) is 15.3. The van der Waals surface area contributed by atoms with E-state index in [1.165, 1.54) is 12.0 Å². The number of aryl methyl sites for hydroxylation is 1. The quantitative estimate of drug-likeness (QED) is 0.574. The number of hydrogen-bond acceptors (Lipinski definition) is 8. The third-order valence-corrected chi connectivity index (χ3v) is 5.54. The smallest absolute Gasteiger partial charge is 0.417 e. The topological polar surface area (TPSA) is 122 Å². The fraction of sp³-hybridized carbons (Fsp3) is 0.381. The van der Waals surface area contributed by atoms with Crippen molar-refractivity contribution < 1.29 is 14.3 Å². The van der Waals surface area contributed by atoms with Gasteiger partial charge in [0, 0.05) is 22.0 Å². The lowest BCUT2D eigenvalue weighted by Crippen LogP contribution is -2.35. The van der Waals surface area contributed by atoms with E-state index in [1.54, 1.807) is 25.1 Å². The van der Waals surface area contributed by atoms with Crippen LogP contribution in [0.4, 0.5) is 16.7 Å². The predicted molar refractivity (Wildman–Crippen MR) is 121 cm³/mol. The van der Waals surface area contributed by atoms with Crippen LogP contribution in [-0.2, 0) is 4.74 Å². The molecule has 1 aromatic carbocycles. The van der Waals surface area contributed by atoms with E-state index >= 15 is 0 Å². The lowest BCUT2D eigenvalue weighted by molar-refractivity contribution is 0.178. The molecule has 1 amide bonds. The summed E-state index contributed by atoms with van der Waals surface area (Å²) in [5.41, 5.74) is 0.751. The van der Waals surface area contributed by atoms with Gasteiger partial charge in [0.15, 0.2) is 0 Å². The van der Waals surface area contributed by atoms with Gasteiger partial charge in [0.05, 0.1) is 24.7 Å². The first kappa shape index (κ1) is 21.8. The molecule has 168 valence electrons. The Kier molecular flexibility index (Phi) is 5.88. The van der Waals surface area contributed by atoms with E-state index in [0.29, 0.717) is 34.1 Å². The normalized spacial score (nSPS) is 16.8. The van der Waals surface area contributed by atoms with Crippen LogP contribution in [0.2, 0.25) is 5.02 Å². The van der Waals surface area contributed by atoms with Gasteiger partial charge in [-0.1, -0.05) is 18.5 Å². The second kappa shape index (κ2) is 8.62. The minimum absolute atomic E-state index is 0.141. The minimum atomic E-state index is -0.488. The Balaban J connectivity index is 1.67. The molecule has 0 bridgehead atoms. The SMILES string of the molecule is CC[C@H]1COC(=O)N1c1nc(C)nc(N[C@@H](C)c2cc3cc(Cl)cc(OC)c3[nH]c2=O)n1. The van der Waals surface area contributed by atoms with Crippen molar-refractivity contribution in [2.75, 3.05) is 23.9 Å². The van der Waals surface area contributed by atoms with Crippen LogP contribution in [0, 0.1) is 6.92 Å². The number of rotatable bonds is 6. The number of ether oxygens (including phenoxy) is 2. The lowest BCUT2D eigenvalue weighted by atomic mass is 10.1. The van der Waals surface area contributed by atoms with Crippen LogP contribution >= 0.6 is 11.6 Å². The number of fused-ring (bicyclic) bond motifs is 1. The second-order valence-corrected chi connectivity index (χ2v) is 7.94. The van der Waals surface area contributed by atoms with Crippen molar-refractivity contribution in [3.05, 3.63) is 45.0 Å². The van der Waals surface area contributed by atoms with Gasteiger partial charge in [-0.2, -0.15) is 15.0 Å². The van der Waals surface area contributed by atoms with Crippen molar-refractivity contribution in [2.45, 2.75) is 39.3 Å². The summed E-state index contributed by atoms with van der Waals surface area (Å²) < 4.78 is 10.5. The molecule has 0 unspecified atom stereocenters. The number of hydrogen-bond donors (Lipinski definition) is 2. The van der Waals surface area contributed by atoms with Gasteiger partial charge in [0.2, 0.25) is 11.9 Å². The molecule has 3 aromatic rings. The Morgan fingerprint density at radius 2 is 2.09 bits per heavy atom. The standard InChI is InChI=1S/C21H23ClN6O4/c1-5-14-9-32-21(30)28(14)20-25-11(3)24-19(27-20)23-10(2)15-7-12-6-13(22)8-16(31-4)17(12)26-18(15)29/h6-8,10,14H,5,9H2,1-4H3,(H,26,29)(H,23,24,25,27)/t10-,14-/m0/s1. The van der Waals surface area contributed by atoms with Crippen molar-refractivity contribution in [2.24, 2.45) is 0 Å². The molecule has 1 aliphatic heterocycles. The Morgan fingerprint density at radius 3 is 2.81 bits per heavy atom. The predicted octanol–water partition coefficient (Wildman–Crippen LogP) is 3.59. The van der Waals surface area contributed by atoms with Crippen molar-refractivity contribution in [1.29, 1.82) is 0 Å². The highest BCUT2D eigenvalue weighted by molar-refractivity contribution is 6.31. The number of halogens is 1. The van der Waals surface area contributed by atoms with Crippen LogP contribution in [0.5, 0.6) is 5.75 Å². The van der Waals surface area contributed by atoms with Crippen molar-refractivity contribution in [3.63, 3.8) is 0 Å². The average molecular weight is 459 g/mol. The number of amides is 1. The number of aromatic nitrogens is 4. The zero-order valence-corrected chi connectivity index (χ0v) is 18.9. The molecule has 4 rings (SSSR count). The molecule has 10 nitrogen and oxygen atoms in total. The average Bonchev–Trinajstić information content (AvgIpc) is 3.13. The van der Waals surface area contributed by atoms with Crippen LogP contribution < -0.4 is 20.5 Å². The van der Waals surface area contributed by atoms with Gasteiger partial charge >= 0.3 is 6.09 Å². The molecule has 0 radical (unpaired) electrons. The highest BCUT2D eigenvalue weighted by Gasteiger charge is 2.35. The number of cyclic esters (lactones) is 1. The van der Waals surface area contributed by atoms with Gasteiger partial charge in [-0.25, -0.2) is 9.69 Å². The molecule has 2 aromatic heterocycles. The Hall–Kier alpha value is -3.40. The maximum absolute atomic E-state index is 12.8. The monoisotopic (exact) mass is 458 g/mol. The minimum Gasteiger partial charge on any atom is -0.494 e. The fourth-order valence-electron chi connectivity index (χ4n) is 3.67. The van der Waals surface area contributed by atoms with Gasteiger partial charge in [-0.05, 0) is 32.4 Å². The summed E-state index contributed by atoms with van der Waals surface area (Å²) in [5.74, 6) is 1.38. The summed E-state index contributed by atoms with van der Waals surface area (Å²) >= 11 is 6.18. The summed E-state index contributed by atoms with van der Waals surface area (Å²) in [6.45, 7) is 5.77. The molecule has 0 spiro atoms. The molecular weight excluding hydrogens is 436 g/mol. The van der Waals surface area contributed by atoms with Gasteiger partial charge < -0.3 is 19.8 Å². The van der Waals surface area contributed by atoms with Crippen molar-refractivity contribution in [3.8, 4) is 5.75 Å². The lowest BCUT2D eigenvalue weighted by Gasteiger charge is -2.20. The van der Waals surface area contributed by atoms with Gasteiger partial charge in [0.25, 0.3) is 5.56 Å². The van der Waals surface area contributed by atoms with E-state index in [9.17, 15) is 9.59 Å². The second-order valence-electron chi connectivity index (χ2n) is 7.51. The summed E-state index contributed by atoms with van der Waals surface area (Å²) in [4.78, 5) is 42.3. The summed E-state index contributed by atoms with van der Waals surface area (Å²) in [7, 11) is 1.52. The summed E-state index contributed by atoms with van der Waals surface area (Å²) in [5, 5.41) is 4.36. The zero-order chi connectivity index (χ0) is 23.0. The molecule has 3 heterocycles. The van der Waals surface area contributed by atoms with E-state index in [-0.39, 0.29) is 30.1 Å². The molecule has 0 aliphatic carbocycles. The fourth-order valence-corrected chi connectivity index (χ4v) is 3.89. The van der Waals surface area contributed by atoms with E-state index < -0.39 is 12.1 Å². The highest BCUT2D eigenvalue weighted by atomic mass is 35.5. The molecule has 1 aliphatic rings. The van der Waals surface area contributed by atoms with Crippen molar-refractivity contribution in [1.82, 2.24) is 19.9 Å². The third-order valence-electron chi connectivity index (χ3n) is 5.32. The van der Waals surface area contributed by atoms with E-state index in [4.69, 9.17) is 21.1 Å². The third kappa shape index (κ3) is 4.05. The molecular formula is C21H23ClN6O4. The molecule has 11 heteroatoms. The number of methoxy groups -OCH3 is 1. The number of carbonyl (C=O) groups is 1. The molecule has 2 atom stereocenters. The van der Waals surface area contributed by atoms with Gasteiger partial charge in [-0.15, -0.1) is 0 Å². The Morgan fingerprint density at radius 1 is 1.31 bits per heavy atom. The van der Waals surface area contributed by atoms with Crippen LogP contribution in [0.3, 0.4) is 0 Å². The number of aromatic amines is 1. The summed E-state index contributed by atoms with van der Waals surface area (Å²) in [6, 6.07) is 4.55. The maximum atomic E-state index is 12.8. The zero-order valence-electron chi connectivity index (χ0n) is 18.1. The number of H-pyrrole nitrogens is 1. The van der Waals surface area contributed by atoms with Crippen LogP contribution in [0.1, 0.15) is 37.7 Å². The maximum Gasteiger partial charge on any atom is 0.417 e. The number of anilines is 2. The van der Waals surface area contributed by atoms with Crippen molar-refractivity contribution >= 4 is 40.5 Å². The van der Waals surface area contributed by atoms with Gasteiger partial charge in [0.1, 0.15) is 18.2 Å². The molecule has 2 N–H and O–H groups in total.